The van der Waals surface area contributed by atoms with Crippen molar-refractivity contribution in [2.24, 2.45) is 5.92 Å². The lowest BCUT2D eigenvalue weighted by molar-refractivity contribution is 0.0917. The molecule has 2 N–H and O–H groups in total. The molecule has 0 radical (unpaired) electrons. The first-order chi connectivity index (χ1) is 8.69. The Hall–Kier alpha value is -1.65. The van der Waals surface area contributed by atoms with Crippen molar-refractivity contribution in [1.82, 2.24) is 15.5 Å². The van der Waals surface area contributed by atoms with E-state index in [0.717, 1.165) is 18.8 Å². The highest BCUT2D eigenvalue weighted by atomic mass is 16.2. The van der Waals surface area contributed by atoms with E-state index in [1.54, 1.807) is 19.2 Å². The third-order valence-corrected chi connectivity index (χ3v) is 3.50. The SMILES string of the molecule is CNc1ccc(C(=O)NC2CCC(C)CC2)nn1. The van der Waals surface area contributed by atoms with Crippen LogP contribution in [0.3, 0.4) is 0 Å². The summed E-state index contributed by atoms with van der Waals surface area (Å²) >= 11 is 0. The van der Waals surface area contributed by atoms with Gasteiger partial charge in [-0.1, -0.05) is 6.92 Å². The van der Waals surface area contributed by atoms with E-state index in [9.17, 15) is 4.79 Å². The molecule has 0 bridgehead atoms. The number of carbonyl (C=O) groups excluding carboxylic acids is 1. The number of hydrogen-bond acceptors (Lipinski definition) is 4. The van der Waals surface area contributed by atoms with Crippen LogP contribution in [0.15, 0.2) is 12.1 Å². The zero-order chi connectivity index (χ0) is 13.0. The largest absolute Gasteiger partial charge is 0.372 e. The molecule has 0 atom stereocenters. The van der Waals surface area contributed by atoms with Crippen molar-refractivity contribution in [2.75, 3.05) is 12.4 Å². The molecule has 1 aromatic rings. The van der Waals surface area contributed by atoms with Gasteiger partial charge in [-0.3, -0.25) is 4.79 Å². The van der Waals surface area contributed by atoms with Gasteiger partial charge in [0.15, 0.2) is 5.69 Å². The minimum absolute atomic E-state index is 0.121. The number of nitrogens with zero attached hydrogens (tertiary/aromatic N) is 2. The van der Waals surface area contributed by atoms with Crippen LogP contribution in [0.5, 0.6) is 0 Å². The number of amides is 1. The highest BCUT2D eigenvalue weighted by Crippen LogP contribution is 2.23. The van der Waals surface area contributed by atoms with E-state index in [2.05, 4.69) is 27.8 Å². The molecule has 5 nitrogen and oxygen atoms in total. The van der Waals surface area contributed by atoms with Gasteiger partial charge in [-0.25, -0.2) is 0 Å². The van der Waals surface area contributed by atoms with Gasteiger partial charge in [0.1, 0.15) is 5.82 Å². The van der Waals surface area contributed by atoms with E-state index in [-0.39, 0.29) is 5.91 Å². The molecule has 98 valence electrons. The Bertz CT molecular complexity index is 396. The minimum atomic E-state index is -0.121. The van der Waals surface area contributed by atoms with Crippen LogP contribution in [0.25, 0.3) is 0 Å². The molecule has 2 rings (SSSR count). The summed E-state index contributed by atoms with van der Waals surface area (Å²) in [6.07, 6.45) is 4.51. The van der Waals surface area contributed by atoms with E-state index in [1.165, 1.54) is 12.8 Å². The van der Waals surface area contributed by atoms with E-state index in [4.69, 9.17) is 0 Å². The van der Waals surface area contributed by atoms with Crippen molar-refractivity contribution < 1.29 is 4.79 Å². The Kier molecular flexibility index (Phi) is 4.12. The van der Waals surface area contributed by atoms with Gasteiger partial charge in [-0.15, -0.1) is 10.2 Å². The Morgan fingerprint density at radius 3 is 2.50 bits per heavy atom. The predicted molar refractivity (Wildman–Crippen MR) is 70.5 cm³/mol. The molecule has 1 saturated carbocycles. The molecule has 0 aliphatic heterocycles. The molecular weight excluding hydrogens is 228 g/mol. The average molecular weight is 248 g/mol. The van der Waals surface area contributed by atoms with Crippen LogP contribution in [-0.4, -0.2) is 29.2 Å². The van der Waals surface area contributed by atoms with E-state index in [1.807, 2.05) is 0 Å². The predicted octanol–water partition coefficient (Wildman–Crippen LogP) is 1.83. The third kappa shape index (κ3) is 3.18. The zero-order valence-corrected chi connectivity index (χ0v) is 10.9. The number of anilines is 1. The molecule has 0 spiro atoms. The van der Waals surface area contributed by atoms with Gasteiger partial charge in [0.25, 0.3) is 5.91 Å². The Morgan fingerprint density at radius 2 is 1.94 bits per heavy atom. The maximum atomic E-state index is 12.0. The fraction of sp³-hybridized carbons (Fsp3) is 0.615. The van der Waals surface area contributed by atoms with Gasteiger partial charge in [-0.2, -0.15) is 0 Å². The van der Waals surface area contributed by atoms with Crippen molar-refractivity contribution in [2.45, 2.75) is 38.6 Å². The maximum absolute atomic E-state index is 12.0. The van der Waals surface area contributed by atoms with Crippen molar-refractivity contribution >= 4 is 11.7 Å². The quantitative estimate of drug-likeness (QED) is 0.856. The molecule has 0 unspecified atom stereocenters. The summed E-state index contributed by atoms with van der Waals surface area (Å²) in [6, 6.07) is 3.74. The second kappa shape index (κ2) is 5.80. The normalized spacial score (nSPS) is 23.4. The van der Waals surface area contributed by atoms with Crippen molar-refractivity contribution in [3.63, 3.8) is 0 Å². The van der Waals surface area contributed by atoms with Crippen LogP contribution in [0.4, 0.5) is 5.82 Å². The molecule has 1 aromatic heterocycles. The van der Waals surface area contributed by atoms with Crippen LogP contribution in [0.1, 0.15) is 43.1 Å². The second-order valence-corrected chi connectivity index (χ2v) is 4.98. The second-order valence-electron chi connectivity index (χ2n) is 4.98. The molecule has 1 aliphatic carbocycles. The number of carbonyl (C=O) groups is 1. The molecule has 1 aliphatic rings. The van der Waals surface area contributed by atoms with E-state index < -0.39 is 0 Å². The fourth-order valence-electron chi connectivity index (χ4n) is 2.25. The summed E-state index contributed by atoms with van der Waals surface area (Å²) in [6.45, 7) is 2.26. The lowest BCUT2D eigenvalue weighted by Crippen LogP contribution is -2.37. The highest BCUT2D eigenvalue weighted by molar-refractivity contribution is 5.92. The summed E-state index contributed by atoms with van der Waals surface area (Å²) in [7, 11) is 1.77. The van der Waals surface area contributed by atoms with Gasteiger partial charge in [0, 0.05) is 13.1 Å². The summed E-state index contributed by atoms with van der Waals surface area (Å²) < 4.78 is 0. The Morgan fingerprint density at radius 1 is 1.22 bits per heavy atom. The average Bonchev–Trinajstić information content (AvgIpc) is 2.41. The summed E-state index contributed by atoms with van der Waals surface area (Å²) in [5.74, 6) is 1.33. The summed E-state index contributed by atoms with van der Waals surface area (Å²) in [4.78, 5) is 12.0. The molecular formula is C13H20N4O. The fourth-order valence-corrected chi connectivity index (χ4v) is 2.25. The molecule has 1 heterocycles. The van der Waals surface area contributed by atoms with Crippen LogP contribution in [0.2, 0.25) is 0 Å². The summed E-state index contributed by atoms with van der Waals surface area (Å²) in [5.41, 5.74) is 0.382. The summed E-state index contributed by atoms with van der Waals surface area (Å²) in [5, 5.41) is 13.7. The van der Waals surface area contributed by atoms with Crippen LogP contribution >= 0.6 is 0 Å². The molecule has 0 saturated heterocycles. The lowest BCUT2D eigenvalue weighted by atomic mass is 9.87. The van der Waals surface area contributed by atoms with Crippen molar-refractivity contribution in [1.29, 1.82) is 0 Å². The Balaban J connectivity index is 1.90. The van der Waals surface area contributed by atoms with Gasteiger partial charge >= 0.3 is 0 Å². The molecule has 18 heavy (non-hydrogen) atoms. The first-order valence-corrected chi connectivity index (χ1v) is 6.51. The molecule has 1 amide bonds. The first-order valence-electron chi connectivity index (χ1n) is 6.51. The van der Waals surface area contributed by atoms with Gasteiger partial charge in [0.2, 0.25) is 0 Å². The van der Waals surface area contributed by atoms with E-state index >= 15 is 0 Å². The molecule has 5 heteroatoms. The highest BCUT2D eigenvalue weighted by Gasteiger charge is 2.20. The lowest BCUT2D eigenvalue weighted by Gasteiger charge is -2.26. The number of rotatable bonds is 3. The van der Waals surface area contributed by atoms with Gasteiger partial charge < -0.3 is 10.6 Å². The smallest absolute Gasteiger partial charge is 0.272 e. The zero-order valence-electron chi connectivity index (χ0n) is 10.9. The van der Waals surface area contributed by atoms with Gasteiger partial charge in [0.05, 0.1) is 0 Å². The van der Waals surface area contributed by atoms with Crippen molar-refractivity contribution in [3.8, 4) is 0 Å². The van der Waals surface area contributed by atoms with Crippen molar-refractivity contribution in [3.05, 3.63) is 17.8 Å². The molecule has 0 aromatic carbocycles. The first kappa shape index (κ1) is 12.8. The van der Waals surface area contributed by atoms with Gasteiger partial charge in [-0.05, 0) is 43.7 Å². The maximum Gasteiger partial charge on any atom is 0.272 e. The standard InChI is InChI=1S/C13H20N4O/c1-9-3-5-10(6-4-9)15-13(18)11-7-8-12(14-2)17-16-11/h7-10H,3-6H2,1-2H3,(H,14,17)(H,15,18). The topological polar surface area (TPSA) is 66.9 Å². The van der Waals surface area contributed by atoms with Crippen LogP contribution in [0, 0.1) is 5.92 Å². The number of hydrogen-bond donors (Lipinski definition) is 2. The van der Waals surface area contributed by atoms with Crippen LogP contribution in [-0.2, 0) is 0 Å². The molecule has 1 fully saturated rings. The number of aromatic nitrogens is 2. The monoisotopic (exact) mass is 248 g/mol. The third-order valence-electron chi connectivity index (χ3n) is 3.50. The Labute approximate surface area is 107 Å². The van der Waals surface area contributed by atoms with Crippen LogP contribution < -0.4 is 10.6 Å². The minimum Gasteiger partial charge on any atom is -0.372 e. The number of nitrogens with one attached hydrogen (secondary N) is 2. The van der Waals surface area contributed by atoms with E-state index in [0.29, 0.717) is 17.6 Å².